The molecular formula is C19H24ClN3O2. The molecule has 5 nitrogen and oxygen atoms in total. The largest absolute Gasteiger partial charge is 0.326 e. The van der Waals surface area contributed by atoms with Crippen LogP contribution in [0.15, 0.2) is 54.6 Å². The zero-order chi connectivity index (χ0) is 17.4. The second-order valence-electron chi connectivity index (χ2n) is 5.54. The van der Waals surface area contributed by atoms with Crippen molar-refractivity contribution in [2.75, 3.05) is 30.9 Å². The predicted octanol–water partition coefficient (Wildman–Crippen LogP) is 3.32. The van der Waals surface area contributed by atoms with Crippen molar-refractivity contribution < 1.29 is 9.59 Å². The fraction of sp³-hybridized carbons (Fsp3) is 0.263. The van der Waals surface area contributed by atoms with Gasteiger partial charge in [-0.3, -0.25) is 9.59 Å². The van der Waals surface area contributed by atoms with Crippen molar-refractivity contribution in [3.63, 3.8) is 0 Å². The smallest absolute Gasteiger partial charge is 0.258 e. The number of rotatable bonds is 7. The van der Waals surface area contributed by atoms with E-state index in [0.29, 0.717) is 17.7 Å². The van der Waals surface area contributed by atoms with Crippen LogP contribution in [0.1, 0.15) is 23.2 Å². The van der Waals surface area contributed by atoms with Crippen LogP contribution in [0, 0.1) is 0 Å². The maximum absolute atomic E-state index is 12.6. The van der Waals surface area contributed by atoms with E-state index in [0.717, 1.165) is 18.7 Å². The minimum atomic E-state index is -0.118. The number of nitrogens with one attached hydrogen (secondary N) is 2. The summed E-state index contributed by atoms with van der Waals surface area (Å²) in [6, 6.07) is 16.5. The Balaban J connectivity index is 0.00000312. The normalized spacial score (nSPS) is 9.84. The zero-order valence-electron chi connectivity index (χ0n) is 14.5. The second-order valence-corrected chi connectivity index (χ2v) is 5.54. The van der Waals surface area contributed by atoms with Gasteiger partial charge in [0.2, 0.25) is 5.91 Å². The summed E-state index contributed by atoms with van der Waals surface area (Å²) in [4.78, 5) is 26.1. The van der Waals surface area contributed by atoms with Crippen LogP contribution in [0.4, 0.5) is 11.4 Å². The molecule has 2 rings (SSSR count). The van der Waals surface area contributed by atoms with Crippen LogP contribution in [0.2, 0.25) is 0 Å². The van der Waals surface area contributed by atoms with Gasteiger partial charge in [0, 0.05) is 30.4 Å². The van der Waals surface area contributed by atoms with E-state index in [2.05, 4.69) is 10.6 Å². The SMILES string of the molecule is CNCCCC(=O)Nc1cccc(C(=O)N(C)c2ccccc2)c1.Cl. The third-order valence-corrected chi connectivity index (χ3v) is 3.67. The van der Waals surface area contributed by atoms with Gasteiger partial charge in [0.15, 0.2) is 0 Å². The van der Waals surface area contributed by atoms with Crippen LogP contribution in [0.25, 0.3) is 0 Å². The molecule has 134 valence electrons. The fourth-order valence-electron chi connectivity index (χ4n) is 2.34. The average molecular weight is 362 g/mol. The number of halogens is 1. The number of para-hydroxylation sites is 1. The van der Waals surface area contributed by atoms with Crippen LogP contribution >= 0.6 is 12.4 Å². The Bertz CT molecular complexity index is 692. The van der Waals surface area contributed by atoms with Crippen LogP contribution < -0.4 is 15.5 Å². The van der Waals surface area contributed by atoms with Crippen molar-refractivity contribution in [3.8, 4) is 0 Å². The van der Waals surface area contributed by atoms with E-state index in [1.165, 1.54) is 0 Å². The van der Waals surface area contributed by atoms with Gasteiger partial charge < -0.3 is 15.5 Å². The number of carbonyl (C=O) groups is 2. The van der Waals surface area contributed by atoms with E-state index in [-0.39, 0.29) is 24.2 Å². The first-order chi connectivity index (χ1) is 11.6. The fourth-order valence-corrected chi connectivity index (χ4v) is 2.34. The molecule has 6 heteroatoms. The summed E-state index contributed by atoms with van der Waals surface area (Å²) in [5.41, 5.74) is 2.00. The lowest BCUT2D eigenvalue weighted by Crippen LogP contribution is -2.26. The molecule has 2 aromatic carbocycles. The van der Waals surface area contributed by atoms with Gasteiger partial charge in [0.05, 0.1) is 0 Å². The first-order valence-corrected chi connectivity index (χ1v) is 7.99. The maximum atomic E-state index is 12.6. The lowest BCUT2D eigenvalue weighted by atomic mass is 10.1. The highest BCUT2D eigenvalue weighted by Crippen LogP contribution is 2.17. The molecule has 2 aromatic rings. The van der Waals surface area contributed by atoms with Crippen LogP contribution in [0.3, 0.4) is 0 Å². The van der Waals surface area contributed by atoms with Crippen molar-refractivity contribution in [1.29, 1.82) is 0 Å². The van der Waals surface area contributed by atoms with E-state index in [9.17, 15) is 9.59 Å². The molecule has 0 aliphatic carbocycles. The molecule has 0 saturated heterocycles. The van der Waals surface area contributed by atoms with Crippen molar-refractivity contribution in [3.05, 3.63) is 60.2 Å². The highest BCUT2D eigenvalue weighted by molar-refractivity contribution is 6.06. The molecule has 25 heavy (non-hydrogen) atoms. The van der Waals surface area contributed by atoms with Gasteiger partial charge in [-0.15, -0.1) is 12.4 Å². The monoisotopic (exact) mass is 361 g/mol. The van der Waals surface area contributed by atoms with E-state index in [1.807, 2.05) is 37.4 Å². The van der Waals surface area contributed by atoms with Gasteiger partial charge in [-0.2, -0.15) is 0 Å². The molecule has 0 heterocycles. The molecule has 0 atom stereocenters. The Morgan fingerprint density at radius 3 is 2.44 bits per heavy atom. The van der Waals surface area contributed by atoms with Crippen LogP contribution in [-0.4, -0.2) is 32.5 Å². The predicted molar refractivity (Wildman–Crippen MR) is 105 cm³/mol. The van der Waals surface area contributed by atoms with Crippen molar-refractivity contribution >= 4 is 35.6 Å². The number of nitrogens with zero attached hydrogens (tertiary/aromatic N) is 1. The van der Waals surface area contributed by atoms with Gasteiger partial charge in [0.25, 0.3) is 5.91 Å². The molecule has 0 spiro atoms. The molecule has 0 aliphatic heterocycles. The molecule has 2 N–H and O–H groups in total. The number of carbonyl (C=O) groups excluding carboxylic acids is 2. The quantitative estimate of drug-likeness (QED) is 0.744. The number of amides is 2. The third kappa shape index (κ3) is 6.21. The second kappa shape index (κ2) is 10.5. The summed E-state index contributed by atoms with van der Waals surface area (Å²) >= 11 is 0. The third-order valence-electron chi connectivity index (χ3n) is 3.67. The highest BCUT2D eigenvalue weighted by Gasteiger charge is 2.14. The van der Waals surface area contributed by atoms with Gasteiger partial charge >= 0.3 is 0 Å². The Hall–Kier alpha value is -2.37. The minimum Gasteiger partial charge on any atom is -0.326 e. The summed E-state index contributed by atoms with van der Waals surface area (Å²) < 4.78 is 0. The van der Waals surface area contributed by atoms with E-state index < -0.39 is 0 Å². The van der Waals surface area contributed by atoms with E-state index in [4.69, 9.17) is 0 Å². The van der Waals surface area contributed by atoms with E-state index in [1.54, 1.807) is 36.2 Å². The standard InChI is InChI=1S/C19H23N3O2.ClH/c1-20-13-7-12-18(23)21-16-9-6-8-15(14-16)19(24)22(2)17-10-4-3-5-11-17;/h3-6,8-11,14,20H,7,12-13H2,1-2H3,(H,21,23);1H. The molecule has 0 radical (unpaired) electrons. The molecular weight excluding hydrogens is 338 g/mol. The molecule has 0 saturated carbocycles. The first-order valence-electron chi connectivity index (χ1n) is 7.99. The van der Waals surface area contributed by atoms with Gasteiger partial charge in [-0.25, -0.2) is 0 Å². The lowest BCUT2D eigenvalue weighted by Gasteiger charge is -2.17. The maximum Gasteiger partial charge on any atom is 0.258 e. The number of hydrogen-bond donors (Lipinski definition) is 2. The number of anilines is 2. The Morgan fingerprint density at radius 2 is 1.76 bits per heavy atom. The molecule has 0 aliphatic rings. The molecule has 0 fully saturated rings. The number of benzene rings is 2. The Kier molecular flexibility index (Phi) is 8.67. The first kappa shape index (κ1) is 20.7. The molecule has 0 bridgehead atoms. The molecule has 0 unspecified atom stereocenters. The Labute approximate surface area is 154 Å². The highest BCUT2D eigenvalue weighted by atomic mass is 35.5. The summed E-state index contributed by atoms with van der Waals surface area (Å²) in [6.07, 6.45) is 1.22. The Morgan fingerprint density at radius 1 is 1.04 bits per heavy atom. The van der Waals surface area contributed by atoms with Crippen LogP contribution in [-0.2, 0) is 4.79 Å². The summed E-state index contributed by atoms with van der Waals surface area (Å²) in [5.74, 6) is -0.168. The summed E-state index contributed by atoms with van der Waals surface area (Å²) in [7, 11) is 3.59. The van der Waals surface area contributed by atoms with Crippen LogP contribution in [0.5, 0.6) is 0 Å². The van der Waals surface area contributed by atoms with E-state index >= 15 is 0 Å². The lowest BCUT2D eigenvalue weighted by molar-refractivity contribution is -0.116. The van der Waals surface area contributed by atoms with Crippen molar-refractivity contribution in [1.82, 2.24) is 5.32 Å². The van der Waals surface area contributed by atoms with Crippen molar-refractivity contribution in [2.24, 2.45) is 0 Å². The van der Waals surface area contributed by atoms with Gasteiger partial charge in [0.1, 0.15) is 0 Å². The average Bonchev–Trinajstić information content (AvgIpc) is 2.61. The number of hydrogen-bond acceptors (Lipinski definition) is 3. The molecule has 0 aromatic heterocycles. The molecule has 2 amide bonds. The summed E-state index contributed by atoms with van der Waals surface area (Å²) in [5, 5.41) is 5.85. The topological polar surface area (TPSA) is 61.4 Å². The minimum absolute atomic E-state index is 0. The summed E-state index contributed by atoms with van der Waals surface area (Å²) in [6.45, 7) is 0.799. The van der Waals surface area contributed by atoms with Gasteiger partial charge in [-0.1, -0.05) is 24.3 Å². The zero-order valence-corrected chi connectivity index (χ0v) is 15.3. The van der Waals surface area contributed by atoms with Gasteiger partial charge in [-0.05, 0) is 50.3 Å². The van der Waals surface area contributed by atoms with Crippen molar-refractivity contribution in [2.45, 2.75) is 12.8 Å².